The van der Waals surface area contributed by atoms with Gasteiger partial charge in [-0.05, 0) is 6.42 Å². The lowest BCUT2D eigenvalue weighted by Gasteiger charge is -2.25. The molecule has 0 aromatic heterocycles. The van der Waals surface area contributed by atoms with Crippen molar-refractivity contribution in [3.8, 4) is 0 Å². The third-order valence-corrected chi connectivity index (χ3v) is 6.24. The van der Waals surface area contributed by atoms with Crippen LogP contribution >= 0.6 is 0 Å². The van der Waals surface area contributed by atoms with E-state index in [-0.39, 0.29) is 18.9 Å². The van der Waals surface area contributed by atoms with Gasteiger partial charge in [-0.15, -0.1) is 0 Å². The van der Waals surface area contributed by atoms with Crippen LogP contribution in [0.25, 0.3) is 0 Å². The van der Waals surface area contributed by atoms with Gasteiger partial charge in [0, 0.05) is 46.9 Å². The van der Waals surface area contributed by atoms with E-state index in [1.807, 2.05) is 0 Å². The van der Waals surface area contributed by atoms with Crippen molar-refractivity contribution < 1.29 is 28.0 Å². The molecule has 0 spiro atoms. The molecule has 110 valence electrons. The van der Waals surface area contributed by atoms with Crippen LogP contribution in [0.5, 0.6) is 0 Å². The van der Waals surface area contributed by atoms with Gasteiger partial charge in [-0.2, -0.15) is 0 Å². The molecule has 1 N–H and O–H groups in total. The Labute approximate surface area is 113 Å². The van der Waals surface area contributed by atoms with E-state index in [0.717, 1.165) is 0 Å². The largest absolute Gasteiger partial charge is 0.500 e. The number of aliphatic carboxylic acids is 1. The highest BCUT2D eigenvalue weighted by molar-refractivity contribution is 6.60. The zero-order valence-electron chi connectivity index (χ0n) is 11.5. The van der Waals surface area contributed by atoms with Crippen LogP contribution in [-0.2, 0) is 22.9 Å². The van der Waals surface area contributed by atoms with Crippen molar-refractivity contribution in [2.24, 2.45) is 5.92 Å². The average molecular weight is 291 g/mol. The quantitative estimate of drug-likeness (QED) is 0.642. The molecule has 7 nitrogen and oxygen atoms in total. The number of hydrogen-bond donors (Lipinski definition) is 1. The van der Waals surface area contributed by atoms with Crippen LogP contribution in [0.1, 0.15) is 12.8 Å². The average Bonchev–Trinajstić information content (AvgIpc) is 2.77. The zero-order chi connectivity index (χ0) is 14.5. The van der Waals surface area contributed by atoms with Crippen molar-refractivity contribution in [3.05, 3.63) is 0 Å². The first-order valence-electron chi connectivity index (χ1n) is 6.14. The van der Waals surface area contributed by atoms with Gasteiger partial charge >= 0.3 is 14.8 Å². The predicted octanol–water partition coefficient (Wildman–Crippen LogP) is 0.188. The molecule has 1 aliphatic rings. The highest BCUT2D eigenvalue weighted by atomic mass is 28.4. The Bertz CT molecular complexity index is 325. The van der Waals surface area contributed by atoms with Gasteiger partial charge in [-0.25, -0.2) is 0 Å². The van der Waals surface area contributed by atoms with Gasteiger partial charge in [0.1, 0.15) is 0 Å². The van der Waals surface area contributed by atoms with Crippen molar-refractivity contribution >= 4 is 20.7 Å². The maximum Gasteiger partial charge on any atom is 0.500 e. The Morgan fingerprint density at radius 3 is 2.37 bits per heavy atom. The SMILES string of the molecule is CO[Si](CCCN1CC(C(=O)O)CC1=O)(OC)OC. The normalized spacial score (nSPS) is 20.1. The second-order valence-corrected chi connectivity index (χ2v) is 7.57. The minimum Gasteiger partial charge on any atom is -0.481 e. The zero-order valence-corrected chi connectivity index (χ0v) is 12.5. The molecule has 0 aliphatic carbocycles. The minimum atomic E-state index is -2.60. The number of carbonyl (C=O) groups excluding carboxylic acids is 1. The van der Waals surface area contributed by atoms with Crippen molar-refractivity contribution in [3.63, 3.8) is 0 Å². The van der Waals surface area contributed by atoms with Gasteiger partial charge in [0.15, 0.2) is 0 Å². The second kappa shape index (κ2) is 6.99. The molecule has 1 heterocycles. The first-order chi connectivity index (χ1) is 8.98. The summed E-state index contributed by atoms with van der Waals surface area (Å²) in [5, 5.41) is 8.89. The highest BCUT2D eigenvalue weighted by Gasteiger charge is 2.38. The van der Waals surface area contributed by atoms with Crippen LogP contribution < -0.4 is 0 Å². The third-order valence-electron chi connectivity index (χ3n) is 3.41. The number of nitrogens with zero attached hydrogens (tertiary/aromatic N) is 1. The summed E-state index contributed by atoms with van der Waals surface area (Å²) < 4.78 is 15.9. The molecular weight excluding hydrogens is 270 g/mol. The Balaban J connectivity index is 2.41. The lowest BCUT2D eigenvalue weighted by Crippen LogP contribution is -2.43. The third kappa shape index (κ3) is 4.00. The van der Waals surface area contributed by atoms with Crippen LogP contribution in [0.15, 0.2) is 0 Å². The molecule has 1 aliphatic heterocycles. The highest BCUT2D eigenvalue weighted by Crippen LogP contribution is 2.20. The van der Waals surface area contributed by atoms with Gasteiger partial charge in [0.05, 0.1) is 5.92 Å². The van der Waals surface area contributed by atoms with Gasteiger partial charge in [0.2, 0.25) is 5.91 Å². The summed E-state index contributed by atoms with van der Waals surface area (Å²) >= 11 is 0. The van der Waals surface area contributed by atoms with Crippen LogP contribution in [-0.4, -0.2) is 65.1 Å². The minimum absolute atomic E-state index is 0.0940. The van der Waals surface area contributed by atoms with E-state index < -0.39 is 20.7 Å². The maximum atomic E-state index is 11.6. The number of carbonyl (C=O) groups is 2. The predicted molar refractivity (Wildman–Crippen MR) is 68.5 cm³/mol. The number of carboxylic acids is 1. The molecule has 1 fully saturated rings. The number of amides is 1. The molecule has 0 aromatic rings. The van der Waals surface area contributed by atoms with E-state index >= 15 is 0 Å². The first kappa shape index (κ1) is 16.1. The number of hydrogen-bond acceptors (Lipinski definition) is 5. The smallest absolute Gasteiger partial charge is 0.481 e. The molecule has 0 bridgehead atoms. The molecule has 1 saturated heterocycles. The van der Waals surface area contributed by atoms with Crippen molar-refractivity contribution in [1.29, 1.82) is 0 Å². The lowest BCUT2D eigenvalue weighted by atomic mass is 10.1. The maximum absolute atomic E-state index is 11.6. The molecule has 1 amide bonds. The van der Waals surface area contributed by atoms with E-state index in [0.29, 0.717) is 19.0 Å². The van der Waals surface area contributed by atoms with Crippen molar-refractivity contribution in [1.82, 2.24) is 4.90 Å². The molecule has 8 heteroatoms. The van der Waals surface area contributed by atoms with Crippen LogP contribution in [0.4, 0.5) is 0 Å². The van der Waals surface area contributed by atoms with E-state index in [9.17, 15) is 9.59 Å². The molecule has 0 saturated carbocycles. The summed E-state index contributed by atoms with van der Waals surface area (Å²) in [5.74, 6) is -1.60. The fraction of sp³-hybridized carbons (Fsp3) is 0.818. The number of rotatable bonds is 8. The summed E-state index contributed by atoms with van der Waals surface area (Å²) in [6.07, 6.45) is 0.760. The molecular formula is C11H21NO6Si. The van der Waals surface area contributed by atoms with E-state index in [4.69, 9.17) is 18.4 Å². The summed E-state index contributed by atoms with van der Waals surface area (Å²) in [5.41, 5.74) is 0. The lowest BCUT2D eigenvalue weighted by molar-refractivity contribution is -0.141. The number of carboxylic acid groups (broad SMARTS) is 1. The topological polar surface area (TPSA) is 85.3 Å². The standard InChI is InChI=1S/C11H21NO6Si/c1-16-19(17-2,18-3)6-4-5-12-8-9(11(14)15)7-10(12)13/h9H,4-8H2,1-3H3,(H,14,15). The van der Waals surface area contributed by atoms with Gasteiger partial charge in [0.25, 0.3) is 0 Å². The summed E-state index contributed by atoms with van der Waals surface area (Å²) in [4.78, 5) is 24.0. The van der Waals surface area contributed by atoms with Crippen molar-refractivity contribution in [2.75, 3.05) is 34.4 Å². The first-order valence-corrected chi connectivity index (χ1v) is 8.07. The molecule has 1 unspecified atom stereocenters. The summed E-state index contributed by atoms with van der Waals surface area (Å²) in [6, 6.07) is 0.595. The van der Waals surface area contributed by atoms with E-state index in [2.05, 4.69) is 0 Å². The summed E-state index contributed by atoms with van der Waals surface area (Å²) in [7, 11) is 2.02. The molecule has 19 heavy (non-hydrogen) atoms. The fourth-order valence-corrected chi connectivity index (χ4v) is 3.90. The Hall–Kier alpha value is -0.963. The second-order valence-electron chi connectivity index (χ2n) is 4.48. The molecule has 0 radical (unpaired) electrons. The van der Waals surface area contributed by atoms with E-state index in [1.165, 1.54) is 0 Å². The summed E-state index contributed by atoms with van der Waals surface area (Å²) in [6.45, 7) is 0.795. The molecule has 0 aromatic carbocycles. The monoisotopic (exact) mass is 291 g/mol. The van der Waals surface area contributed by atoms with Crippen LogP contribution in [0.3, 0.4) is 0 Å². The van der Waals surface area contributed by atoms with E-state index in [1.54, 1.807) is 26.2 Å². The van der Waals surface area contributed by atoms with Crippen molar-refractivity contribution in [2.45, 2.75) is 18.9 Å². The van der Waals surface area contributed by atoms with Gasteiger partial charge in [-0.1, -0.05) is 0 Å². The van der Waals surface area contributed by atoms with Gasteiger partial charge in [-0.3, -0.25) is 9.59 Å². The Morgan fingerprint density at radius 1 is 1.37 bits per heavy atom. The fourth-order valence-electron chi connectivity index (χ4n) is 2.20. The van der Waals surface area contributed by atoms with Crippen LogP contribution in [0, 0.1) is 5.92 Å². The number of likely N-dealkylation sites (tertiary alicyclic amines) is 1. The Morgan fingerprint density at radius 2 is 1.95 bits per heavy atom. The van der Waals surface area contributed by atoms with Gasteiger partial charge < -0.3 is 23.3 Å². The van der Waals surface area contributed by atoms with Crippen LogP contribution in [0.2, 0.25) is 6.04 Å². The Kier molecular flexibility index (Phi) is 5.92. The molecule has 1 rings (SSSR count). The molecule has 1 atom stereocenters.